The Hall–Kier alpha value is -3.09. The lowest BCUT2D eigenvalue weighted by Crippen LogP contribution is -2.14. The molecule has 2 aromatic heterocycles. The molecule has 0 radical (unpaired) electrons. The van der Waals surface area contributed by atoms with Gasteiger partial charge >= 0.3 is 0 Å². The average molecular weight is 383 g/mol. The van der Waals surface area contributed by atoms with Crippen LogP contribution in [0.5, 0.6) is 5.88 Å². The third-order valence-electron chi connectivity index (χ3n) is 4.93. The average Bonchev–Trinajstić information content (AvgIpc) is 3.20. The number of pyridine rings is 2. The van der Waals surface area contributed by atoms with E-state index in [4.69, 9.17) is 4.74 Å². The number of ether oxygens (including phenoxy) is 1. The molecule has 0 atom stereocenters. The summed E-state index contributed by atoms with van der Waals surface area (Å²) in [6.45, 7) is 0.528. The maximum Gasteiger partial charge on any atom is 0.274 e. The van der Waals surface area contributed by atoms with Gasteiger partial charge in [0.25, 0.3) is 5.91 Å². The van der Waals surface area contributed by atoms with Gasteiger partial charge in [-0.2, -0.15) is 0 Å². The van der Waals surface area contributed by atoms with Crippen LogP contribution in [0.1, 0.15) is 36.2 Å². The van der Waals surface area contributed by atoms with E-state index in [9.17, 15) is 13.6 Å². The van der Waals surface area contributed by atoms with E-state index in [0.29, 0.717) is 23.3 Å². The van der Waals surface area contributed by atoms with Crippen molar-refractivity contribution in [2.45, 2.75) is 25.7 Å². The Morgan fingerprint density at radius 1 is 1.14 bits per heavy atom. The van der Waals surface area contributed by atoms with E-state index in [-0.39, 0.29) is 17.3 Å². The van der Waals surface area contributed by atoms with Gasteiger partial charge in [0.05, 0.1) is 18.2 Å². The second-order valence-corrected chi connectivity index (χ2v) is 6.95. The Balaban J connectivity index is 1.56. The molecule has 4 rings (SSSR count). The second kappa shape index (κ2) is 7.88. The highest BCUT2D eigenvalue weighted by Crippen LogP contribution is 2.31. The number of carbonyl (C=O) groups is 1. The topological polar surface area (TPSA) is 64.1 Å². The molecule has 28 heavy (non-hydrogen) atoms. The predicted molar refractivity (Wildman–Crippen MR) is 101 cm³/mol. The molecule has 0 bridgehead atoms. The summed E-state index contributed by atoms with van der Waals surface area (Å²) in [6.07, 6.45) is 7.17. The van der Waals surface area contributed by atoms with Crippen molar-refractivity contribution in [3.8, 4) is 5.88 Å². The number of nitrogens with zero attached hydrogens (tertiary/aromatic N) is 2. The van der Waals surface area contributed by atoms with Gasteiger partial charge < -0.3 is 10.1 Å². The summed E-state index contributed by atoms with van der Waals surface area (Å²) in [6, 6.07) is 6.92. The minimum Gasteiger partial charge on any atom is -0.477 e. The Morgan fingerprint density at radius 2 is 1.96 bits per heavy atom. The van der Waals surface area contributed by atoms with Gasteiger partial charge in [-0.3, -0.25) is 4.79 Å². The molecule has 1 amide bonds. The Bertz CT molecular complexity index is 1000. The zero-order valence-electron chi connectivity index (χ0n) is 15.1. The van der Waals surface area contributed by atoms with Crippen LogP contribution in [0.15, 0.2) is 42.7 Å². The smallest absolute Gasteiger partial charge is 0.274 e. The molecular formula is C21H19F2N3O2. The molecule has 3 aromatic rings. The van der Waals surface area contributed by atoms with Crippen LogP contribution in [0.2, 0.25) is 0 Å². The van der Waals surface area contributed by atoms with Crippen molar-refractivity contribution in [1.82, 2.24) is 9.97 Å². The van der Waals surface area contributed by atoms with Gasteiger partial charge in [-0.05, 0) is 54.5 Å². The Labute approximate surface area is 160 Å². The Kier molecular flexibility index (Phi) is 5.14. The fourth-order valence-corrected chi connectivity index (χ4v) is 3.50. The highest BCUT2D eigenvalue weighted by Gasteiger charge is 2.18. The second-order valence-electron chi connectivity index (χ2n) is 6.95. The van der Waals surface area contributed by atoms with Crippen LogP contribution < -0.4 is 10.1 Å². The highest BCUT2D eigenvalue weighted by atomic mass is 19.1. The van der Waals surface area contributed by atoms with Crippen LogP contribution in [-0.4, -0.2) is 22.5 Å². The molecule has 2 heterocycles. The van der Waals surface area contributed by atoms with Crippen LogP contribution in [0, 0.1) is 17.6 Å². The summed E-state index contributed by atoms with van der Waals surface area (Å²) in [7, 11) is 0. The van der Waals surface area contributed by atoms with Gasteiger partial charge in [0.2, 0.25) is 5.88 Å². The molecule has 0 aliphatic heterocycles. The number of hydrogen-bond acceptors (Lipinski definition) is 4. The van der Waals surface area contributed by atoms with Gasteiger partial charge in [0, 0.05) is 11.9 Å². The van der Waals surface area contributed by atoms with Crippen LogP contribution in [0.4, 0.5) is 14.5 Å². The maximum absolute atomic E-state index is 14.8. The van der Waals surface area contributed by atoms with E-state index in [2.05, 4.69) is 15.3 Å². The third kappa shape index (κ3) is 3.93. The summed E-state index contributed by atoms with van der Waals surface area (Å²) < 4.78 is 33.5. The van der Waals surface area contributed by atoms with Crippen molar-refractivity contribution < 1.29 is 18.3 Å². The van der Waals surface area contributed by atoms with E-state index in [1.807, 2.05) is 0 Å². The largest absolute Gasteiger partial charge is 0.477 e. The number of carbonyl (C=O) groups excluding carboxylic acids is 1. The number of aromatic nitrogens is 2. The van der Waals surface area contributed by atoms with Gasteiger partial charge in [-0.15, -0.1) is 0 Å². The van der Waals surface area contributed by atoms with Crippen LogP contribution >= 0.6 is 0 Å². The van der Waals surface area contributed by atoms with Crippen LogP contribution in [-0.2, 0) is 0 Å². The summed E-state index contributed by atoms with van der Waals surface area (Å²) in [5, 5.41) is 3.44. The van der Waals surface area contributed by atoms with Crippen LogP contribution in [0.3, 0.4) is 0 Å². The number of anilines is 1. The summed E-state index contributed by atoms with van der Waals surface area (Å²) >= 11 is 0. The van der Waals surface area contributed by atoms with Crippen LogP contribution in [0.25, 0.3) is 10.8 Å². The zero-order chi connectivity index (χ0) is 19.5. The van der Waals surface area contributed by atoms with Crippen molar-refractivity contribution in [1.29, 1.82) is 0 Å². The third-order valence-corrected chi connectivity index (χ3v) is 4.93. The molecular weight excluding hydrogens is 364 g/mol. The quantitative estimate of drug-likeness (QED) is 0.692. The van der Waals surface area contributed by atoms with E-state index < -0.39 is 17.5 Å². The van der Waals surface area contributed by atoms with Crippen molar-refractivity contribution in [3.63, 3.8) is 0 Å². The van der Waals surface area contributed by atoms with Crippen molar-refractivity contribution in [2.24, 2.45) is 5.92 Å². The van der Waals surface area contributed by atoms with E-state index in [1.165, 1.54) is 25.0 Å². The number of benzene rings is 1. The molecule has 1 aromatic carbocycles. The SMILES string of the molecule is O=C(Nc1cc(F)c2c(OCC3CCCC3)nccc2c1)c1ccc(F)cn1. The molecule has 0 unspecified atom stereocenters. The molecule has 0 saturated heterocycles. The zero-order valence-corrected chi connectivity index (χ0v) is 15.1. The van der Waals surface area contributed by atoms with Gasteiger partial charge in [-0.25, -0.2) is 18.7 Å². The molecule has 1 N–H and O–H groups in total. The number of nitrogens with one attached hydrogen (secondary N) is 1. The molecule has 5 nitrogen and oxygen atoms in total. The molecule has 0 spiro atoms. The lowest BCUT2D eigenvalue weighted by Gasteiger charge is -2.13. The first kappa shape index (κ1) is 18.3. The minimum absolute atomic E-state index is 0.0391. The summed E-state index contributed by atoms with van der Waals surface area (Å²) in [4.78, 5) is 20.1. The molecule has 7 heteroatoms. The van der Waals surface area contributed by atoms with Crippen molar-refractivity contribution >= 4 is 22.4 Å². The lowest BCUT2D eigenvalue weighted by molar-refractivity contribution is 0.102. The first-order chi connectivity index (χ1) is 13.6. The molecule has 1 saturated carbocycles. The molecule has 1 aliphatic carbocycles. The monoisotopic (exact) mass is 383 g/mol. The fraction of sp³-hybridized carbons (Fsp3) is 0.286. The maximum atomic E-state index is 14.8. The van der Waals surface area contributed by atoms with E-state index in [1.54, 1.807) is 18.3 Å². The van der Waals surface area contributed by atoms with Crippen molar-refractivity contribution in [3.05, 3.63) is 60.1 Å². The first-order valence-electron chi connectivity index (χ1n) is 9.24. The summed E-state index contributed by atoms with van der Waals surface area (Å²) in [5.74, 6) is -0.868. The minimum atomic E-state index is -0.550. The van der Waals surface area contributed by atoms with E-state index in [0.717, 1.165) is 25.1 Å². The number of hydrogen-bond donors (Lipinski definition) is 1. The Morgan fingerprint density at radius 3 is 2.71 bits per heavy atom. The van der Waals surface area contributed by atoms with Gasteiger partial charge in [0.1, 0.15) is 17.3 Å². The van der Waals surface area contributed by atoms with Crippen molar-refractivity contribution in [2.75, 3.05) is 11.9 Å². The number of fused-ring (bicyclic) bond motifs is 1. The molecule has 1 fully saturated rings. The number of rotatable bonds is 5. The lowest BCUT2D eigenvalue weighted by atomic mass is 10.1. The van der Waals surface area contributed by atoms with E-state index >= 15 is 0 Å². The number of halogens is 2. The molecule has 1 aliphatic rings. The first-order valence-corrected chi connectivity index (χ1v) is 9.24. The summed E-state index contributed by atoms with van der Waals surface area (Å²) in [5.41, 5.74) is 0.311. The number of amides is 1. The highest BCUT2D eigenvalue weighted by molar-refractivity contribution is 6.04. The normalized spacial score (nSPS) is 14.4. The standard InChI is InChI=1S/C21H19F2N3O2/c22-15-5-6-18(25-11-15)20(27)26-16-9-14-7-8-24-21(19(14)17(23)10-16)28-12-13-3-1-2-4-13/h5-11,13H,1-4,12H2,(H,26,27). The molecule has 144 valence electrons. The predicted octanol–water partition coefficient (Wildman–Crippen LogP) is 4.73. The van der Waals surface area contributed by atoms with Gasteiger partial charge in [-0.1, -0.05) is 12.8 Å². The fourth-order valence-electron chi connectivity index (χ4n) is 3.50. The van der Waals surface area contributed by atoms with Gasteiger partial charge in [0.15, 0.2) is 0 Å².